The maximum atomic E-state index is 12.1. The van der Waals surface area contributed by atoms with Gasteiger partial charge in [0.05, 0.1) is 12.7 Å². The van der Waals surface area contributed by atoms with Crippen molar-refractivity contribution in [3.63, 3.8) is 0 Å². The highest BCUT2D eigenvalue weighted by Crippen LogP contribution is 2.33. The third-order valence-corrected chi connectivity index (χ3v) is 3.84. The van der Waals surface area contributed by atoms with Gasteiger partial charge in [-0.3, -0.25) is 0 Å². The Balaban J connectivity index is 1.83. The van der Waals surface area contributed by atoms with E-state index in [0.29, 0.717) is 18.8 Å². The van der Waals surface area contributed by atoms with E-state index in [1.807, 2.05) is 31.2 Å². The highest BCUT2D eigenvalue weighted by Gasteiger charge is 2.29. The number of ether oxygens (including phenoxy) is 4. The largest absolute Gasteiger partial charge is 0.497 e. The fraction of sp³-hybridized carbons (Fsp3) is 0.421. The smallest absolute Gasteiger partial charge is 0.338 e. The van der Waals surface area contributed by atoms with Crippen molar-refractivity contribution in [3.8, 4) is 11.5 Å². The monoisotopic (exact) mass is 332 g/mol. The summed E-state index contributed by atoms with van der Waals surface area (Å²) in [6.07, 6.45) is 3.21. The lowest BCUT2D eigenvalue weighted by Gasteiger charge is -2.12. The van der Waals surface area contributed by atoms with Crippen LogP contribution in [0.1, 0.15) is 19.8 Å². The zero-order chi connectivity index (χ0) is 17.4. The summed E-state index contributed by atoms with van der Waals surface area (Å²) < 4.78 is 21.6. The summed E-state index contributed by atoms with van der Waals surface area (Å²) >= 11 is 0. The van der Waals surface area contributed by atoms with Crippen LogP contribution in [0, 0.1) is 5.92 Å². The zero-order valence-electron chi connectivity index (χ0n) is 14.2. The molecule has 0 heterocycles. The Morgan fingerprint density at radius 1 is 1.21 bits per heavy atom. The van der Waals surface area contributed by atoms with Gasteiger partial charge in [-0.05, 0) is 36.6 Å². The maximum Gasteiger partial charge on any atom is 0.338 e. The summed E-state index contributed by atoms with van der Waals surface area (Å²) in [7, 11) is 1.62. The van der Waals surface area contributed by atoms with Crippen LogP contribution in [0.2, 0.25) is 0 Å². The van der Waals surface area contributed by atoms with Crippen molar-refractivity contribution in [1.29, 1.82) is 0 Å². The molecule has 2 rings (SSSR count). The molecule has 1 aliphatic carbocycles. The Hall–Kier alpha value is -2.43. The summed E-state index contributed by atoms with van der Waals surface area (Å²) in [5, 5.41) is 0. The van der Waals surface area contributed by atoms with Gasteiger partial charge >= 0.3 is 5.97 Å². The number of rotatable bonds is 9. The maximum absolute atomic E-state index is 12.1. The van der Waals surface area contributed by atoms with Crippen molar-refractivity contribution in [3.05, 3.63) is 48.3 Å². The number of benzene rings is 1. The minimum absolute atomic E-state index is 0.153. The zero-order valence-corrected chi connectivity index (χ0v) is 14.2. The number of hydrogen-bond acceptors (Lipinski definition) is 5. The van der Waals surface area contributed by atoms with E-state index in [1.165, 1.54) is 0 Å². The van der Waals surface area contributed by atoms with Crippen LogP contribution < -0.4 is 9.47 Å². The summed E-state index contributed by atoms with van der Waals surface area (Å²) in [6.45, 7) is 6.55. The van der Waals surface area contributed by atoms with Gasteiger partial charge in [0, 0.05) is 6.42 Å². The van der Waals surface area contributed by atoms with E-state index in [9.17, 15) is 4.79 Å². The van der Waals surface area contributed by atoms with Gasteiger partial charge in [-0.15, -0.1) is 0 Å². The SMILES string of the molecule is C=CCOC(=O)C1=C(OCCOc2ccc(OC)cc2)CC[C@H]1C. The first kappa shape index (κ1) is 17.9. The third-order valence-electron chi connectivity index (χ3n) is 3.84. The molecule has 0 spiro atoms. The second-order valence-corrected chi connectivity index (χ2v) is 5.54. The first-order valence-electron chi connectivity index (χ1n) is 8.06. The molecule has 5 nitrogen and oxygen atoms in total. The molecule has 0 aromatic heterocycles. The molecule has 0 saturated carbocycles. The minimum atomic E-state index is -0.314. The summed E-state index contributed by atoms with van der Waals surface area (Å²) in [6, 6.07) is 7.36. The van der Waals surface area contributed by atoms with Crippen molar-refractivity contribution in [2.75, 3.05) is 26.9 Å². The van der Waals surface area contributed by atoms with Gasteiger partial charge in [-0.1, -0.05) is 19.6 Å². The normalized spacial score (nSPS) is 16.7. The van der Waals surface area contributed by atoms with Gasteiger partial charge in [-0.25, -0.2) is 4.79 Å². The molecule has 0 radical (unpaired) electrons. The van der Waals surface area contributed by atoms with Crippen LogP contribution in [-0.2, 0) is 14.3 Å². The van der Waals surface area contributed by atoms with Crippen molar-refractivity contribution >= 4 is 5.97 Å². The van der Waals surface area contributed by atoms with E-state index in [-0.39, 0.29) is 18.5 Å². The van der Waals surface area contributed by atoms with E-state index in [0.717, 1.165) is 30.1 Å². The quantitative estimate of drug-likeness (QED) is 0.393. The highest BCUT2D eigenvalue weighted by atomic mass is 16.5. The van der Waals surface area contributed by atoms with Crippen LogP contribution in [0.4, 0.5) is 0 Å². The molecule has 0 saturated heterocycles. The van der Waals surface area contributed by atoms with Gasteiger partial charge < -0.3 is 18.9 Å². The number of methoxy groups -OCH3 is 1. The topological polar surface area (TPSA) is 54.0 Å². The van der Waals surface area contributed by atoms with Crippen LogP contribution in [0.15, 0.2) is 48.3 Å². The molecule has 24 heavy (non-hydrogen) atoms. The molecule has 0 aliphatic heterocycles. The first-order valence-corrected chi connectivity index (χ1v) is 8.06. The van der Waals surface area contributed by atoms with E-state index in [1.54, 1.807) is 13.2 Å². The molecular formula is C19H24O5. The highest BCUT2D eigenvalue weighted by molar-refractivity contribution is 5.90. The summed E-state index contributed by atoms with van der Waals surface area (Å²) in [4.78, 5) is 12.1. The molecule has 1 atom stereocenters. The van der Waals surface area contributed by atoms with Crippen LogP contribution in [0.25, 0.3) is 0 Å². The van der Waals surface area contributed by atoms with Gasteiger partial charge in [0.25, 0.3) is 0 Å². The molecule has 130 valence electrons. The van der Waals surface area contributed by atoms with E-state index >= 15 is 0 Å². The Morgan fingerprint density at radius 3 is 2.54 bits per heavy atom. The lowest BCUT2D eigenvalue weighted by molar-refractivity contribution is -0.138. The predicted octanol–water partition coefficient (Wildman–Crippen LogP) is 3.50. The van der Waals surface area contributed by atoms with Gasteiger partial charge in [0.15, 0.2) is 0 Å². The lowest BCUT2D eigenvalue weighted by Crippen LogP contribution is -2.14. The summed E-state index contributed by atoms with van der Waals surface area (Å²) in [5.74, 6) is 2.09. The molecule has 0 amide bonds. The van der Waals surface area contributed by atoms with E-state index < -0.39 is 0 Å². The minimum Gasteiger partial charge on any atom is -0.497 e. The molecule has 1 aliphatic rings. The first-order chi connectivity index (χ1) is 11.7. The molecular weight excluding hydrogens is 308 g/mol. The number of hydrogen-bond donors (Lipinski definition) is 0. The van der Waals surface area contributed by atoms with Crippen LogP contribution in [-0.4, -0.2) is 32.9 Å². The Labute approximate surface area is 142 Å². The molecule has 1 aromatic carbocycles. The predicted molar refractivity (Wildman–Crippen MR) is 91.0 cm³/mol. The van der Waals surface area contributed by atoms with E-state index in [2.05, 4.69) is 6.58 Å². The van der Waals surface area contributed by atoms with Crippen molar-refractivity contribution in [2.45, 2.75) is 19.8 Å². The van der Waals surface area contributed by atoms with Crippen LogP contribution >= 0.6 is 0 Å². The number of allylic oxidation sites excluding steroid dienone is 1. The fourth-order valence-corrected chi connectivity index (χ4v) is 2.58. The average Bonchev–Trinajstić information content (AvgIpc) is 2.97. The summed E-state index contributed by atoms with van der Waals surface area (Å²) in [5.41, 5.74) is 0.640. The second kappa shape index (κ2) is 9.01. The Kier molecular flexibility index (Phi) is 6.73. The molecule has 0 N–H and O–H groups in total. The van der Waals surface area contributed by atoms with Gasteiger partial charge in [-0.2, -0.15) is 0 Å². The number of esters is 1. The molecule has 0 fully saturated rings. The second-order valence-electron chi connectivity index (χ2n) is 5.54. The lowest BCUT2D eigenvalue weighted by atomic mass is 10.0. The average molecular weight is 332 g/mol. The Bertz CT molecular complexity index is 588. The van der Waals surface area contributed by atoms with Crippen LogP contribution in [0.5, 0.6) is 11.5 Å². The molecule has 0 unspecified atom stereocenters. The number of carbonyl (C=O) groups is 1. The third kappa shape index (κ3) is 4.78. The van der Waals surface area contributed by atoms with Crippen molar-refractivity contribution in [1.82, 2.24) is 0 Å². The van der Waals surface area contributed by atoms with Crippen molar-refractivity contribution in [2.24, 2.45) is 5.92 Å². The molecule has 0 bridgehead atoms. The Morgan fingerprint density at radius 2 is 1.88 bits per heavy atom. The van der Waals surface area contributed by atoms with Gasteiger partial charge in [0.1, 0.15) is 37.1 Å². The van der Waals surface area contributed by atoms with Crippen LogP contribution in [0.3, 0.4) is 0 Å². The van der Waals surface area contributed by atoms with E-state index in [4.69, 9.17) is 18.9 Å². The van der Waals surface area contributed by atoms with Crippen molar-refractivity contribution < 1.29 is 23.7 Å². The number of carbonyl (C=O) groups excluding carboxylic acids is 1. The standard InChI is InChI=1S/C19H24O5/c1-4-11-24-19(20)18-14(2)5-10-17(18)23-13-12-22-16-8-6-15(21-3)7-9-16/h4,6-9,14H,1,5,10-13H2,2-3H3/t14-/m1/s1. The fourth-order valence-electron chi connectivity index (χ4n) is 2.58. The molecule has 1 aromatic rings. The molecule has 5 heteroatoms. The van der Waals surface area contributed by atoms with Gasteiger partial charge in [0.2, 0.25) is 0 Å².